The smallest absolute Gasteiger partial charge is 0.270 e. The largest absolute Gasteiger partial charge is 0.364 e. The highest BCUT2D eigenvalue weighted by Crippen LogP contribution is 2.25. The predicted octanol–water partition coefficient (Wildman–Crippen LogP) is 0.548. The number of piperidine rings is 2. The average molecular weight is 415 g/mol. The summed E-state index contributed by atoms with van der Waals surface area (Å²) in [6, 6.07) is 4.41. The van der Waals surface area contributed by atoms with Crippen LogP contribution < -0.4 is 11.1 Å². The second-order valence-electron chi connectivity index (χ2n) is 8.03. The van der Waals surface area contributed by atoms with Gasteiger partial charge < -0.3 is 20.9 Å². The van der Waals surface area contributed by atoms with E-state index in [1.807, 2.05) is 18.7 Å². The van der Waals surface area contributed by atoms with E-state index in [1.165, 1.54) is 12.1 Å². The van der Waals surface area contributed by atoms with Crippen molar-refractivity contribution in [2.45, 2.75) is 51.6 Å². The number of nitrogens with zero attached hydrogens (tertiary/aromatic N) is 3. The van der Waals surface area contributed by atoms with Crippen molar-refractivity contribution in [2.24, 2.45) is 11.7 Å². The lowest BCUT2D eigenvalue weighted by molar-refractivity contribution is -0.145. The molecule has 9 heteroatoms. The van der Waals surface area contributed by atoms with E-state index in [4.69, 9.17) is 5.73 Å². The first kappa shape index (κ1) is 21.7. The van der Waals surface area contributed by atoms with Crippen molar-refractivity contribution in [1.29, 1.82) is 0 Å². The SMILES string of the molecule is CCN1CC(C(=O)N2CC(NC(=O)c3cccc(C(N)=O)n3)CCC2C)CCC1=O. The molecule has 3 rings (SSSR count). The van der Waals surface area contributed by atoms with Gasteiger partial charge in [-0.15, -0.1) is 0 Å². The lowest BCUT2D eigenvalue weighted by Gasteiger charge is -2.41. The molecule has 2 fully saturated rings. The van der Waals surface area contributed by atoms with Crippen LogP contribution in [0, 0.1) is 5.92 Å². The molecule has 4 amide bonds. The van der Waals surface area contributed by atoms with Crippen LogP contribution in [-0.2, 0) is 9.59 Å². The Morgan fingerprint density at radius 1 is 1.17 bits per heavy atom. The van der Waals surface area contributed by atoms with Gasteiger partial charge in [-0.05, 0) is 45.2 Å². The molecule has 0 radical (unpaired) electrons. The molecule has 30 heavy (non-hydrogen) atoms. The highest BCUT2D eigenvalue weighted by atomic mass is 16.2. The van der Waals surface area contributed by atoms with Gasteiger partial charge in [0.1, 0.15) is 11.4 Å². The number of likely N-dealkylation sites (tertiary alicyclic amines) is 2. The lowest BCUT2D eigenvalue weighted by Crippen LogP contribution is -2.56. The highest BCUT2D eigenvalue weighted by molar-refractivity contribution is 5.95. The number of hydrogen-bond acceptors (Lipinski definition) is 5. The molecule has 2 saturated heterocycles. The summed E-state index contributed by atoms with van der Waals surface area (Å²) >= 11 is 0. The molecule has 1 aromatic heterocycles. The van der Waals surface area contributed by atoms with Crippen LogP contribution in [-0.4, -0.2) is 70.1 Å². The third-order valence-electron chi connectivity index (χ3n) is 5.97. The Balaban J connectivity index is 1.64. The maximum Gasteiger partial charge on any atom is 0.270 e. The molecule has 0 saturated carbocycles. The summed E-state index contributed by atoms with van der Waals surface area (Å²) in [6.07, 6.45) is 2.48. The molecule has 1 aromatic rings. The topological polar surface area (TPSA) is 126 Å². The fraction of sp³-hybridized carbons (Fsp3) is 0.571. The summed E-state index contributed by atoms with van der Waals surface area (Å²) < 4.78 is 0. The highest BCUT2D eigenvalue weighted by Gasteiger charge is 2.36. The van der Waals surface area contributed by atoms with Crippen molar-refractivity contribution in [3.05, 3.63) is 29.6 Å². The number of hydrogen-bond donors (Lipinski definition) is 2. The molecule has 3 atom stereocenters. The van der Waals surface area contributed by atoms with Crippen LogP contribution in [0.4, 0.5) is 0 Å². The first-order valence-corrected chi connectivity index (χ1v) is 10.5. The Hall–Kier alpha value is -2.97. The van der Waals surface area contributed by atoms with Crippen molar-refractivity contribution < 1.29 is 19.2 Å². The third-order valence-corrected chi connectivity index (χ3v) is 5.97. The maximum atomic E-state index is 13.2. The third kappa shape index (κ3) is 4.77. The van der Waals surface area contributed by atoms with Crippen LogP contribution in [0.1, 0.15) is 60.5 Å². The van der Waals surface area contributed by atoms with E-state index in [2.05, 4.69) is 10.3 Å². The number of carbonyl (C=O) groups excluding carboxylic acids is 4. The first-order chi connectivity index (χ1) is 14.3. The average Bonchev–Trinajstić information content (AvgIpc) is 2.75. The van der Waals surface area contributed by atoms with Crippen molar-refractivity contribution in [1.82, 2.24) is 20.1 Å². The molecular formula is C21H29N5O4. The van der Waals surface area contributed by atoms with Gasteiger partial charge in [0, 0.05) is 38.1 Å². The molecule has 3 N–H and O–H groups in total. The van der Waals surface area contributed by atoms with Gasteiger partial charge in [-0.1, -0.05) is 6.07 Å². The van der Waals surface area contributed by atoms with Crippen molar-refractivity contribution >= 4 is 23.6 Å². The molecular weight excluding hydrogens is 386 g/mol. The van der Waals surface area contributed by atoms with Gasteiger partial charge in [-0.2, -0.15) is 0 Å². The molecule has 2 aliphatic heterocycles. The number of nitrogens with two attached hydrogens (primary N) is 1. The number of pyridine rings is 1. The van der Waals surface area contributed by atoms with Crippen LogP contribution in [0.15, 0.2) is 18.2 Å². The van der Waals surface area contributed by atoms with E-state index in [0.29, 0.717) is 32.5 Å². The second-order valence-corrected chi connectivity index (χ2v) is 8.03. The Morgan fingerprint density at radius 3 is 2.60 bits per heavy atom. The fourth-order valence-electron chi connectivity index (χ4n) is 4.15. The van der Waals surface area contributed by atoms with Crippen molar-refractivity contribution in [3.63, 3.8) is 0 Å². The molecule has 3 unspecified atom stereocenters. The molecule has 0 aromatic carbocycles. The minimum atomic E-state index is -0.694. The van der Waals surface area contributed by atoms with Gasteiger partial charge in [0.05, 0.1) is 5.92 Å². The Bertz CT molecular complexity index is 842. The zero-order valence-corrected chi connectivity index (χ0v) is 17.5. The predicted molar refractivity (Wildman–Crippen MR) is 109 cm³/mol. The minimum absolute atomic E-state index is 0.0315. The lowest BCUT2D eigenvalue weighted by atomic mass is 9.92. The van der Waals surface area contributed by atoms with E-state index < -0.39 is 11.8 Å². The zero-order chi connectivity index (χ0) is 21.8. The first-order valence-electron chi connectivity index (χ1n) is 10.5. The zero-order valence-electron chi connectivity index (χ0n) is 17.5. The van der Waals surface area contributed by atoms with Crippen molar-refractivity contribution in [2.75, 3.05) is 19.6 Å². The molecule has 0 aliphatic carbocycles. The van der Waals surface area contributed by atoms with Gasteiger partial charge in [0.25, 0.3) is 11.8 Å². The number of rotatable bonds is 5. The summed E-state index contributed by atoms with van der Waals surface area (Å²) in [4.78, 5) is 56.5. The summed E-state index contributed by atoms with van der Waals surface area (Å²) in [5.41, 5.74) is 5.38. The molecule has 3 heterocycles. The monoisotopic (exact) mass is 415 g/mol. The van der Waals surface area contributed by atoms with Crippen LogP contribution in [0.25, 0.3) is 0 Å². The number of primary amides is 1. The van der Waals surface area contributed by atoms with E-state index in [-0.39, 0.29) is 41.2 Å². The van der Waals surface area contributed by atoms with Crippen LogP contribution in [0.2, 0.25) is 0 Å². The Morgan fingerprint density at radius 2 is 1.90 bits per heavy atom. The second kappa shape index (κ2) is 9.23. The van der Waals surface area contributed by atoms with Gasteiger partial charge in [0.15, 0.2) is 0 Å². The fourth-order valence-corrected chi connectivity index (χ4v) is 4.15. The molecule has 162 valence electrons. The number of carbonyl (C=O) groups is 4. The van der Waals surface area contributed by atoms with Gasteiger partial charge >= 0.3 is 0 Å². The number of nitrogens with one attached hydrogen (secondary N) is 1. The summed E-state index contributed by atoms with van der Waals surface area (Å²) in [7, 11) is 0. The van der Waals surface area contributed by atoms with Gasteiger partial charge in [-0.3, -0.25) is 19.2 Å². The van der Waals surface area contributed by atoms with E-state index in [0.717, 1.165) is 12.8 Å². The van der Waals surface area contributed by atoms with E-state index in [9.17, 15) is 19.2 Å². The molecule has 0 bridgehead atoms. The summed E-state index contributed by atoms with van der Waals surface area (Å²) in [6.45, 7) is 5.41. The number of amides is 4. The molecule has 2 aliphatic rings. The minimum Gasteiger partial charge on any atom is -0.364 e. The maximum absolute atomic E-state index is 13.2. The van der Waals surface area contributed by atoms with Gasteiger partial charge in [-0.25, -0.2) is 4.98 Å². The summed E-state index contributed by atoms with van der Waals surface area (Å²) in [5, 5.41) is 2.92. The van der Waals surface area contributed by atoms with Crippen LogP contribution >= 0.6 is 0 Å². The quantitative estimate of drug-likeness (QED) is 0.726. The Labute approximate surface area is 176 Å². The van der Waals surface area contributed by atoms with Crippen molar-refractivity contribution in [3.8, 4) is 0 Å². The van der Waals surface area contributed by atoms with Crippen LogP contribution in [0.5, 0.6) is 0 Å². The molecule has 0 spiro atoms. The number of aromatic nitrogens is 1. The van der Waals surface area contributed by atoms with Crippen LogP contribution in [0.3, 0.4) is 0 Å². The van der Waals surface area contributed by atoms with E-state index in [1.54, 1.807) is 11.0 Å². The standard InChI is InChI=1S/C21H29N5O4/c1-3-25-11-14(8-10-18(25)27)21(30)26-12-15(9-7-13(26)2)23-20(29)17-6-4-5-16(24-17)19(22)28/h4-6,13-15H,3,7-12H2,1-2H3,(H2,22,28)(H,23,29). The van der Waals surface area contributed by atoms with Gasteiger partial charge in [0.2, 0.25) is 11.8 Å². The normalized spacial score (nSPS) is 24.5. The Kier molecular flexibility index (Phi) is 6.69. The van der Waals surface area contributed by atoms with E-state index >= 15 is 0 Å². The summed E-state index contributed by atoms with van der Waals surface area (Å²) in [5.74, 6) is -1.15. The molecule has 9 nitrogen and oxygen atoms in total.